The van der Waals surface area contributed by atoms with Crippen LogP contribution < -0.4 is 14.5 Å². The van der Waals surface area contributed by atoms with Crippen molar-refractivity contribution in [3.63, 3.8) is 0 Å². The molecular formula is C100H121N5O9. The zero-order valence-electron chi connectivity index (χ0n) is 69.6. The number of aliphatic hydroxyl groups is 1. The van der Waals surface area contributed by atoms with Crippen LogP contribution in [0.2, 0.25) is 0 Å². The average molecular weight is 1540 g/mol. The number of hydrogen-bond acceptors (Lipinski definition) is 14. The molecule has 9 aromatic carbocycles. The Morgan fingerprint density at radius 3 is 0.982 bits per heavy atom. The molecule has 14 nitrogen and oxygen atoms in total. The summed E-state index contributed by atoms with van der Waals surface area (Å²) < 4.78 is 16.9. The van der Waals surface area contributed by atoms with E-state index in [0.29, 0.717) is 50.2 Å². The van der Waals surface area contributed by atoms with E-state index in [4.69, 9.17) is 14.2 Å². The van der Waals surface area contributed by atoms with E-state index in [0.717, 1.165) is 146 Å². The Morgan fingerprint density at radius 2 is 0.675 bits per heavy atom. The Labute approximate surface area is 679 Å². The standard InChI is InChI=1S/C38H48N2O4.C33H40N2O3.C29H33NO2/c1-37(2,3)35(41)43-27-11-14-33(28-12-9-8-10-13-28)34(30-17-21-32(22-18-30)44-36(42)38(4,5)6)29-15-19-31(20-16-29)40-25-23-39(7)24-26-40;1-33(2,3)32(37)38-24-8-11-30(25-9-6-5-7-10-25)31(27-14-18-29(36)19-15-27)26-12-16-28(17-13-26)35-22-20-34(4)21-23-35;1-21(2)30-19-26(20-30)22-10-12-24(13-11-22)29(25-14-16-27(32)17-15-25)28(9-6-18-31)23-7-4-3-5-8-23/h8-10,12-13,15-22H,11,14,23-27H2,1-7H3;5-7,9-10,12-19,36H,8,11,20-24H2,1-4H3;3-5,7-8,10-17,21,26,31-32H,6,9,18-20H2,1-2H3/b34-33+;31-30+;29-28+. The minimum atomic E-state index is -0.591. The highest BCUT2D eigenvalue weighted by molar-refractivity contribution is 6.01. The number of rotatable bonds is 25. The molecule has 3 aliphatic heterocycles. The van der Waals surface area contributed by atoms with E-state index in [2.05, 4.69) is 198 Å². The van der Waals surface area contributed by atoms with Crippen molar-refractivity contribution in [2.75, 3.05) is 109 Å². The second kappa shape index (κ2) is 40.6. The van der Waals surface area contributed by atoms with Crippen molar-refractivity contribution in [2.45, 2.75) is 127 Å². The van der Waals surface area contributed by atoms with Crippen LogP contribution in [0.5, 0.6) is 17.2 Å². The normalized spacial score (nSPS) is 15.2. The van der Waals surface area contributed by atoms with Crippen LogP contribution in [0.25, 0.3) is 33.4 Å². The summed E-state index contributed by atoms with van der Waals surface area (Å²) in [5.74, 6) is 0.997. The number of ether oxygens (including phenoxy) is 3. The van der Waals surface area contributed by atoms with Crippen LogP contribution in [0.3, 0.4) is 0 Å². The van der Waals surface area contributed by atoms with Crippen LogP contribution in [-0.4, -0.2) is 153 Å². The van der Waals surface area contributed by atoms with E-state index < -0.39 is 16.2 Å². The first kappa shape index (κ1) is 86.1. The van der Waals surface area contributed by atoms with Gasteiger partial charge in [0.2, 0.25) is 0 Å². The Bertz CT molecular complexity index is 4610. The number of likely N-dealkylation sites (tertiary alicyclic amines) is 1. The lowest BCUT2D eigenvalue weighted by Crippen LogP contribution is -2.48. The molecule has 3 saturated heterocycles. The first-order chi connectivity index (χ1) is 54.6. The quantitative estimate of drug-likeness (QED) is 0.0215. The predicted octanol–water partition coefficient (Wildman–Crippen LogP) is 20.1. The topological polar surface area (TPSA) is 156 Å². The summed E-state index contributed by atoms with van der Waals surface area (Å²) in [5.41, 5.74) is 19.2. The number of carbonyl (C=O) groups excluding carboxylic acids is 3. The number of nitrogens with zero attached hydrogens (tertiary/aromatic N) is 5. The third-order valence-electron chi connectivity index (χ3n) is 21.3. The van der Waals surface area contributed by atoms with Gasteiger partial charge in [0.1, 0.15) is 17.2 Å². The fourth-order valence-electron chi connectivity index (χ4n) is 14.3. The smallest absolute Gasteiger partial charge is 0.316 e. The maximum absolute atomic E-state index is 12.5. The van der Waals surface area contributed by atoms with E-state index in [1.807, 2.05) is 129 Å². The van der Waals surface area contributed by atoms with Gasteiger partial charge in [-0.1, -0.05) is 176 Å². The molecule has 3 fully saturated rings. The van der Waals surface area contributed by atoms with Crippen molar-refractivity contribution in [2.24, 2.45) is 16.2 Å². The lowest BCUT2D eigenvalue weighted by atomic mass is 9.85. The lowest BCUT2D eigenvalue weighted by Gasteiger charge is -2.42. The molecule has 0 atom stereocenters. The monoisotopic (exact) mass is 1540 g/mol. The molecule has 3 aliphatic rings. The van der Waals surface area contributed by atoms with Crippen molar-refractivity contribution in [3.8, 4) is 17.2 Å². The highest BCUT2D eigenvalue weighted by Gasteiger charge is 2.31. The Balaban J connectivity index is 0.000000183. The molecule has 0 radical (unpaired) electrons. The van der Waals surface area contributed by atoms with Gasteiger partial charge in [0.05, 0.1) is 29.5 Å². The van der Waals surface area contributed by atoms with Crippen LogP contribution in [-0.2, 0) is 23.9 Å². The zero-order chi connectivity index (χ0) is 81.5. The van der Waals surface area contributed by atoms with E-state index in [1.165, 1.54) is 39.2 Å². The number of phenolic OH excluding ortho intramolecular Hbond substituents is 2. The molecule has 600 valence electrons. The van der Waals surface area contributed by atoms with Gasteiger partial charge in [-0.05, 0) is 279 Å². The van der Waals surface area contributed by atoms with Gasteiger partial charge in [-0.25, -0.2) is 0 Å². The molecule has 0 bridgehead atoms. The minimum absolute atomic E-state index is 0.159. The van der Waals surface area contributed by atoms with Gasteiger partial charge in [0.15, 0.2) is 0 Å². The molecule has 0 aliphatic carbocycles. The predicted molar refractivity (Wildman–Crippen MR) is 469 cm³/mol. The van der Waals surface area contributed by atoms with E-state index in [1.54, 1.807) is 24.3 Å². The molecule has 3 heterocycles. The Morgan fingerprint density at radius 1 is 0.377 bits per heavy atom. The van der Waals surface area contributed by atoms with Gasteiger partial charge in [-0.2, -0.15) is 0 Å². The second-order valence-corrected chi connectivity index (χ2v) is 33.8. The number of piperazine rings is 2. The molecule has 114 heavy (non-hydrogen) atoms. The number of carbonyl (C=O) groups is 3. The summed E-state index contributed by atoms with van der Waals surface area (Å²) in [4.78, 5) is 49.4. The molecule has 0 unspecified atom stereocenters. The lowest BCUT2D eigenvalue weighted by molar-refractivity contribution is -0.153. The van der Waals surface area contributed by atoms with Gasteiger partial charge in [0, 0.05) is 95.4 Å². The van der Waals surface area contributed by atoms with Gasteiger partial charge in [-0.15, -0.1) is 0 Å². The molecule has 14 heteroatoms. The number of phenols is 2. The average Bonchev–Trinajstić information content (AvgIpc) is 0.784. The van der Waals surface area contributed by atoms with Crippen molar-refractivity contribution in [3.05, 3.63) is 292 Å². The van der Waals surface area contributed by atoms with E-state index >= 15 is 0 Å². The fourth-order valence-corrected chi connectivity index (χ4v) is 14.3. The van der Waals surface area contributed by atoms with Crippen LogP contribution in [0.15, 0.2) is 237 Å². The Hall–Kier alpha value is -10.4. The maximum atomic E-state index is 12.5. The zero-order valence-corrected chi connectivity index (χ0v) is 69.6. The van der Waals surface area contributed by atoms with Crippen LogP contribution >= 0.6 is 0 Å². The largest absolute Gasteiger partial charge is 0.508 e. The summed E-state index contributed by atoms with van der Waals surface area (Å²) >= 11 is 0. The van der Waals surface area contributed by atoms with Crippen molar-refractivity contribution < 1.29 is 43.9 Å². The van der Waals surface area contributed by atoms with Crippen molar-refractivity contribution in [1.82, 2.24) is 14.7 Å². The molecule has 9 aromatic rings. The summed E-state index contributed by atoms with van der Waals surface area (Å²) in [5, 5.41) is 29.4. The Kier molecular flexibility index (Phi) is 30.6. The highest BCUT2D eigenvalue weighted by Crippen LogP contribution is 2.42. The summed E-state index contributed by atoms with van der Waals surface area (Å²) in [7, 11) is 4.34. The van der Waals surface area contributed by atoms with E-state index in [9.17, 15) is 29.7 Å². The van der Waals surface area contributed by atoms with E-state index in [-0.39, 0.29) is 36.0 Å². The number of allylic oxidation sites excluding steroid dienone is 3. The summed E-state index contributed by atoms with van der Waals surface area (Å²) in [6, 6.07) is 81.2. The molecule has 3 N–H and O–H groups in total. The number of benzene rings is 9. The van der Waals surface area contributed by atoms with Gasteiger partial charge < -0.3 is 49.1 Å². The third-order valence-corrected chi connectivity index (χ3v) is 21.3. The molecular weight excluding hydrogens is 1420 g/mol. The fraction of sp³-hybridized carbons (Fsp3) is 0.370. The number of esters is 3. The van der Waals surface area contributed by atoms with Crippen LogP contribution in [0, 0.1) is 16.2 Å². The molecule has 0 aromatic heterocycles. The first-order valence-electron chi connectivity index (χ1n) is 40.8. The molecule has 0 spiro atoms. The van der Waals surface area contributed by atoms with Gasteiger partial charge in [0.25, 0.3) is 0 Å². The van der Waals surface area contributed by atoms with Crippen molar-refractivity contribution >= 4 is 62.7 Å². The highest BCUT2D eigenvalue weighted by atomic mass is 16.5. The van der Waals surface area contributed by atoms with Crippen molar-refractivity contribution in [1.29, 1.82) is 0 Å². The third kappa shape index (κ3) is 24.3. The number of likely N-dealkylation sites (N-methyl/N-ethyl adjacent to an activating group) is 2. The van der Waals surface area contributed by atoms with Gasteiger partial charge >= 0.3 is 17.9 Å². The molecule has 12 rings (SSSR count). The van der Waals surface area contributed by atoms with Crippen LogP contribution in [0.4, 0.5) is 11.4 Å². The number of hydrogen-bond donors (Lipinski definition) is 3. The minimum Gasteiger partial charge on any atom is -0.508 e. The SMILES string of the molecule is CC(C)N1CC(c2ccc(/C(=C(/CCCO)c3ccccc3)c3ccc(O)cc3)cc2)C1.CN1CCN(c2ccc(/C(=C(/CCCOC(=O)C(C)(C)C)c3ccccc3)c3ccc(O)cc3)cc2)CC1.CN1CCN(c2ccc(/C(=C(/CCCOC(=O)C(C)(C)C)c3ccccc3)c3ccc(OC(=O)C(C)(C)C)cc3)cc2)CC1. The number of aliphatic hydroxyl groups excluding tert-OH is 1. The van der Waals surface area contributed by atoms with Crippen LogP contribution in [0.1, 0.15) is 176 Å². The number of aromatic hydroxyl groups is 2. The summed E-state index contributed by atoms with van der Waals surface area (Å²) in [6.07, 6.45) is 4.36. The molecule has 0 amide bonds. The number of anilines is 2. The molecule has 0 saturated carbocycles. The summed E-state index contributed by atoms with van der Waals surface area (Å²) in [6.45, 7) is 32.7. The van der Waals surface area contributed by atoms with Gasteiger partial charge in [-0.3, -0.25) is 19.3 Å². The maximum Gasteiger partial charge on any atom is 0.316 e. The first-order valence-corrected chi connectivity index (χ1v) is 40.8. The second-order valence-electron chi connectivity index (χ2n) is 33.8.